The molecule has 3 rings (SSSR count). The number of nitrogens with zero attached hydrogens (tertiary/aromatic N) is 2. The summed E-state index contributed by atoms with van der Waals surface area (Å²) in [5, 5.41) is 3.10. The average molecular weight is 305 g/mol. The number of nitrogens with one attached hydrogen (secondary N) is 1. The third-order valence-electron chi connectivity index (χ3n) is 5.06. The third kappa shape index (κ3) is 3.29. The number of carbonyl (C=O) groups is 1. The number of carbonyl (C=O) groups excluding carboxylic acids is 1. The van der Waals surface area contributed by atoms with Gasteiger partial charge >= 0.3 is 6.03 Å². The quantitative estimate of drug-likeness (QED) is 0.910. The minimum Gasteiger partial charge on any atom is -0.465 e. The monoisotopic (exact) mass is 305 g/mol. The summed E-state index contributed by atoms with van der Waals surface area (Å²) in [5.74, 6) is 1.89. The van der Waals surface area contributed by atoms with Crippen molar-refractivity contribution in [1.29, 1.82) is 0 Å². The standard InChI is InChI=1S/C17H27N3O2/c1-13-8-9-16(22-13)15(20-10-3-4-11-20)12-18-17(21)19(2)14-6-5-7-14/h8-9,14-15H,3-7,10-12H2,1-2H3,(H,18,21)/t15-/m0/s1. The van der Waals surface area contributed by atoms with Crippen LogP contribution in [0.4, 0.5) is 4.79 Å². The van der Waals surface area contributed by atoms with Gasteiger partial charge in [-0.3, -0.25) is 4.90 Å². The van der Waals surface area contributed by atoms with E-state index in [1.807, 2.05) is 31.0 Å². The predicted molar refractivity (Wildman–Crippen MR) is 85.8 cm³/mol. The number of likely N-dealkylation sites (tertiary alicyclic amines) is 1. The molecule has 1 saturated carbocycles. The molecule has 1 aliphatic heterocycles. The maximum atomic E-state index is 12.3. The molecule has 1 saturated heterocycles. The second-order valence-corrected chi connectivity index (χ2v) is 6.59. The summed E-state index contributed by atoms with van der Waals surface area (Å²) < 4.78 is 5.82. The van der Waals surface area contributed by atoms with Crippen LogP contribution in [0.25, 0.3) is 0 Å². The fraction of sp³-hybridized carbons (Fsp3) is 0.706. The zero-order valence-electron chi connectivity index (χ0n) is 13.7. The fourth-order valence-corrected chi connectivity index (χ4v) is 3.34. The summed E-state index contributed by atoms with van der Waals surface area (Å²) in [6.45, 7) is 4.74. The summed E-state index contributed by atoms with van der Waals surface area (Å²) in [5.41, 5.74) is 0. The molecule has 2 aliphatic rings. The predicted octanol–water partition coefficient (Wildman–Crippen LogP) is 2.92. The van der Waals surface area contributed by atoms with E-state index in [-0.39, 0.29) is 12.1 Å². The van der Waals surface area contributed by atoms with Crippen molar-refractivity contribution in [2.75, 3.05) is 26.7 Å². The van der Waals surface area contributed by atoms with Crippen LogP contribution in [0, 0.1) is 6.92 Å². The number of amides is 2. The molecule has 1 atom stereocenters. The number of rotatable bonds is 5. The van der Waals surface area contributed by atoms with Gasteiger partial charge in [0.25, 0.3) is 0 Å². The molecular formula is C17H27N3O2. The van der Waals surface area contributed by atoms with E-state index in [4.69, 9.17) is 4.42 Å². The Labute approximate surface area is 132 Å². The highest BCUT2D eigenvalue weighted by atomic mass is 16.3. The third-order valence-corrected chi connectivity index (χ3v) is 5.06. The topological polar surface area (TPSA) is 48.7 Å². The van der Waals surface area contributed by atoms with Gasteiger partial charge in [-0.1, -0.05) is 0 Å². The molecule has 2 amide bonds. The van der Waals surface area contributed by atoms with Gasteiger partial charge in [0.05, 0.1) is 6.04 Å². The van der Waals surface area contributed by atoms with Crippen LogP contribution < -0.4 is 5.32 Å². The lowest BCUT2D eigenvalue weighted by Crippen LogP contribution is -2.48. The first-order valence-corrected chi connectivity index (χ1v) is 8.46. The van der Waals surface area contributed by atoms with Crippen molar-refractivity contribution < 1.29 is 9.21 Å². The fourth-order valence-electron chi connectivity index (χ4n) is 3.34. The number of hydrogen-bond donors (Lipinski definition) is 1. The van der Waals surface area contributed by atoms with Crippen LogP contribution in [0.5, 0.6) is 0 Å². The van der Waals surface area contributed by atoms with Crippen LogP contribution in [-0.4, -0.2) is 48.6 Å². The largest absolute Gasteiger partial charge is 0.465 e. The summed E-state index contributed by atoms with van der Waals surface area (Å²) in [6.07, 6.45) is 5.97. The van der Waals surface area contributed by atoms with E-state index in [9.17, 15) is 4.79 Å². The minimum absolute atomic E-state index is 0.0391. The maximum Gasteiger partial charge on any atom is 0.317 e. The molecule has 2 fully saturated rings. The van der Waals surface area contributed by atoms with E-state index in [1.54, 1.807) is 0 Å². The van der Waals surface area contributed by atoms with E-state index in [0.717, 1.165) is 37.5 Å². The molecule has 1 N–H and O–H groups in total. The number of hydrogen-bond acceptors (Lipinski definition) is 3. The van der Waals surface area contributed by atoms with Crippen molar-refractivity contribution in [3.8, 4) is 0 Å². The highest BCUT2D eigenvalue weighted by Crippen LogP contribution is 2.27. The molecule has 0 spiro atoms. The van der Waals surface area contributed by atoms with Gasteiger partial charge in [-0.25, -0.2) is 4.79 Å². The van der Waals surface area contributed by atoms with E-state index in [0.29, 0.717) is 12.6 Å². The van der Waals surface area contributed by atoms with Crippen molar-refractivity contribution in [2.24, 2.45) is 0 Å². The minimum atomic E-state index is 0.0391. The second kappa shape index (κ2) is 6.73. The highest BCUT2D eigenvalue weighted by molar-refractivity contribution is 5.74. The Hall–Kier alpha value is -1.49. The summed E-state index contributed by atoms with van der Waals surface area (Å²) in [7, 11) is 1.90. The van der Waals surface area contributed by atoms with Crippen LogP contribution in [0.1, 0.15) is 49.7 Å². The Morgan fingerprint density at radius 2 is 2.09 bits per heavy atom. The lowest BCUT2D eigenvalue weighted by molar-refractivity contribution is 0.150. The molecule has 1 aliphatic carbocycles. The van der Waals surface area contributed by atoms with E-state index < -0.39 is 0 Å². The zero-order chi connectivity index (χ0) is 15.5. The summed E-state index contributed by atoms with van der Waals surface area (Å²) >= 11 is 0. The molecule has 0 aromatic carbocycles. The van der Waals surface area contributed by atoms with E-state index >= 15 is 0 Å². The van der Waals surface area contributed by atoms with E-state index in [1.165, 1.54) is 19.3 Å². The van der Waals surface area contributed by atoms with Crippen LogP contribution in [0.2, 0.25) is 0 Å². The Bertz CT molecular complexity index is 504. The first-order valence-electron chi connectivity index (χ1n) is 8.46. The Kier molecular flexibility index (Phi) is 4.71. The first kappa shape index (κ1) is 15.4. The molecule has 0 radical (unpaired) electrons. The van der Waals surface area contributed by atoms with E-state index in [2.05, 4.69) is 10.2 Å². The van der Waals surface area contributed by atoms with Gasteiger partial charge in [0.2, 0.25) is 0 Å². The van der Waals surface area contributed by atoms with Crippen molar-refractivity contribution in [3.63, 3.8) is 0 Å². The van der Waals surface area contributed by atoms with Crippen LogP contribution >= 0.6 is 0 Å². The van der Waals surface area contributed by atoms with Crippen molar-refractivity contribution in [3.05, 3.63) is 23.7 Å². The van der Waals surface area contributed by atoms with Crippen molar-refractivity contribution >= 4 is 6.03 Å². The highest BCUT2D eigenvalue weighted by Gasteiger charge is 2.29. The van der Waals surface area contributed by atoms with Crippen LogP contribution in [0.3, 0.4) is 0 Å². The van der Waals surface area contributed by atoms with Crippen LogP contribution in [-0.2, 0) is 0 Å². The smallest absolute Gasteiger partial charge is 0.317 e. The molecule has 5 nitrogen and oxygen atoms in total. The molecule has 122 valence electrons. The average Bonchev–Trinajstić information content (AvgIpc) is 3.09. The number of aryl methyl sites for hydroxylation is 1. The Morgan fingerprint density at radius 3 is 2.64 bits per heavy atom. The van der Waals surface area contributed by atoms with Crippen molar-refractivity contribution in [2.45, 2.75) is 51.1 Å². The van der Waals surface area contributed by atoms with Gasteiger partial charge in [0, 0.05) is 19.6 Å². The molecule has 0 unspecified atom stereocenters. The number of urea groups is 1. The molecule has 2 heterocycles. The summed E-state index contributed by atoms with van der Waals surface area (Å²) in [4.78, 5) is 16.6. The Morgan fingerprint density at radius 1 is 1.36 bits per heavy atom. The van der Waals surface area contributed by atoms with Gasteiger partial charge in [0.15, 0.2) is 0 Å². The maximum absolute atomic E-state index is 12.3. The van der Waals surface area contributed by atoms with Gasteiger partial charge in [-0.15, -0.1) is 0 Å². The zero-order valence-corrected chi connectivity index (χ0v) is 13.7. The lowest BCUT2D eigenvalue weighted by atomic mass is 9.92. The molecular weight excluding hydrogens is 278 g/mol. The van der Waals surface area contributed by atoms with Crippen LogP contribution in [0.15, 0.2) is 16.5 Å². The molecule has 1 aromatic rings. The Balaban J connectivity index is 1.61. The van der Waals surface area contributed by atoms with Gasteiger partial charge < -0.3 is 14.6 Å². The molecule has 1 aromatic heterocycles. The normalized spacial score (nSPS) is 20.6. The molecule has 5 heteroatoms. The second-order valence-electron chi connectivity index (χ2n) is 6.59. The van der Waals surface area contributed by atoms with Gasteiger partial charge in [0.1, 0.15) is 11.5 Å². The van der Waals surface area contributed by atoms with Gasteiger partial charge in [-0.2, -0.15) is 0 Å². The lowest BCUT2D eigenvalue weighted by Gasteiger charge is -2.35. The number of furan rings is 1. The molecule has 22 heavy (non-hydrogen) atoms. The summed E-state index contributed by atoms with van der Waals surface area (Å²) in [6, 6.07) is 4.66. The SMILES string of the molecule is Cc1ccc([C@H](CNC(=O)N(C)C2CCC2)N2CCCC2)o1. The molecule has 0 bridgehead atoms. The van der Waals surface area contributed by atoms with Crippen molar-refractivity contribution in [1.82, 2.24) is 15.1 Å². The van der Waals surface area contributed by atoms with Gasteiger partial charge in [-0.05, 0) is 64.3 Å². The first-order chi connectivity index (χ1) is 10.6.